The molecule has 1 aliphatic heterocycles. The Balaban J connectivity index is 1.47. The summed E-state index contributed by atoms with van der Waals surface area (Å²) in [5.41, 5.74) is 2.83. The van der Waals surface area contributed by atoms with Crippen molar-refractivity contribution in [3.05, 3.63) is 47.5 Å². The van der Waals surface area contributed by atoms with E-state index in [4.69, 9.17) is 0 Å². The largest absolute Gasteiger partial charge is 0.337 e. The summed E-state index contributed by atoms with van der Waals surface area (Å²) >= 11 is 0. The number of aryl methyl sites for hydroxylation is 1. The Bertz CT molecular complexity index is 728. The molecule has 1 aromatic heterocycles. The SMILES string of the molecule is C[C@H](CNC(=O)N[C@H](C)c1nncn1C)N1CCc2ccccc2C1. The van der Waals surface area contributed by atoms with Crippen LogP contribution in [0.25, 0.3) is 0 Å². The molecule has 7 nitrogen and oxygen atoms in total. The van der Waals surface area contributed by atoms with Crippen LogP contribution in [0, 0.1) is 0 Å². The molecule has 134 valence electrons. The molecule has 2 heterocycles. The van der Waals surface area contributed by atoms with Gasteiger partial charge in [0.1, 0.15) is 6.33 Å². The summed E-state index contributed by atoms with van der Waals surface area (Å²) < 4.78 is 1.80. The first-order valence-corrected chi connectivity index (χ1v) is 8.73. The Labute approximate surface area is 148 Å². The molecule has 0 aliphatic carbocycles. The zero-order valence-corrected chi connectivity index (χ0v) is 15.1. The fourth-order valence-corrected chi connectivity index (χ4v) is 3.26. The van der Waals surface area contributed by atoms with Gasteiger partial charge in [-0.15, -0.1) is 10.2 Å². The van der Waals surface area contributed by atoms with E-state index in [0.717, 1.165) is 25.3 Å². The third kappa shape index (κ3) is 4.17. The highest BCUT2D eigenvalue weighted by Crippen LogP contribution is 2.19. The van der Waals surface area contributed by atoms with Crippen molar-refractivity contribution in [2.75, 3.05) is 13.1 Å². The number of fused-ring (bicyclic) bond motifs is 1. The van der Waals surface area contributed by atoms with E-state index in [-0.39, 0.29) is 18.1 Å². The quantitative estimate of drug-likeness (QED) is 0.866. The Morgan fingerprint density at radius 3 is 2.76 bits per heavy atom. The molecule has 0 fully saturated rings. The summed E-state index contributed by atoms with van der Waals surface area (Å²) in [5, 5.41) is 13.7. The summed E-state index contributed by atoms with van der Waals surface area (Å²) in [7, 11) is 1.86. The first-order chi connectivity index (χ1) is 12.0. The van der Waals surface area contributed by atoms with E-state index < -0.39 is 0 Å². The first-order valence-electron chi connectivity index (χ1n) is 8.73. The topological polar surface area (TPSA) is 75.1 Å². The van der Waals surface area contributed by atoms with Crippen molar-refractivity contribution in [1.82, 2.24) is 30.3 Å². The number of amides is 2. The fourth-order valence-electron chi connectivity index (χ4n) is 3.26. The maximum Gasteiger partial charge on any atom is 0.315 e. The molecule has 25 heavy (non-hydrogen) atoms. The summed E-state index contributed by atoms with van der Waals surface area (Å²) in [6, 6.07) is 8.50. The van der Waals surface area contributed by atoms with Crippen LogP contribution in [0.2, 0.25) is 0 Å². The van der Waals surface area contributed by atoms with Crippen molar-refractivity contribution in [1.29, 1.82) is 0 Å². The van der Waals surface area contributed by atoms with Gasteiger partial charge in [0.2, 0.25) is 0 Å². The van der Waals surface area contributed by atoms with Crippen LogP contribution in [0.1, 0.15) is 36.8 Å². The van der Waals surface area contributed by atoms with E-state index in [1.807, 2.05) is 14.0 Å². The van der Waals surface area contributed by atoms with Crippen molar-refractivity contribution in [2.45, 2.75) is 38.9 Å². The van der Waals surface area contributed by atoms with Crippen LogP contribution in [0.5, 0.6) is 0 Å². The van der Waals surface area contributed by atoms with Crippen LogP contribution >= 0.6 is 0 Å². The molecule has 3 rings (SSSR count). The van der Waals surface area contributed by atoms with Gasteiger partial charge >= 0.3 is 6.03 Å². The van der Waals surface area contributed by atoms with Gasteiger partial charge in [0, 0.05) is 32.7 Å². The molecule has 1 aromatic carbocycles. The van der Waals surface area contributed by atoms with Crippen molar-refractivity contribution in [3.63, 3.8) is 0 Å². The maximum absolute atomic E-state index is 12.1. The molecule has 0 saturated carbocycles. The van der Waals surface area contributed by atoms with Gasteiger partial charge in [0.15, 0.2) is 5.82 Å². The van der Waals surface area contributed by atoms with Gasteiger partial charge in [-0.1, -0.05) is 24.3 Å². The van der Waals surface area contributed by atoms with Crippen LogP contribution in [-0.4, -0.2) is 44.8 Å². The second kappa shape index (κ2) is 7.65. The third-order valence-corrected chi connectivity index (χ3v) is 4.82. The zero-order chi connectivity index (χ0) is 17.8. The lowest BCUT2D eigenvalue weighted by Crippen LogP contribution is -2.47. The van der Waals surface area contributed by atoms with E-state index in [1.54, 1.807) is 10.9 Å². The summed E-state index contributed by atoms with van der Waals surface area (Å²) in [6.07, 6.45) is 2.69. The van der Waals surface area contributed by atoms with Gasteiger partial charge in [0.05, 0.1) is 6.04 Å². The number of urea groups is 1. The highest BCUT2D eigenvalue weighted by molar-refractivity contribution is 5.74. The Kier molecular flexibility index (Phi) is 5.33. The number of rotatable bonds is 5. The number of nitrogens with zero attached hydrogens (tertiary/aromatic N) is 4. The minimum Gasteiger partial charge on any atom is -0.337 e. The normalized spacial score (nSPS) is 16.8. The van der Waals surface area contributed by atoms with Crippen molar-refractivity contribution in [3.8, 4) is 0 Å². The lowest BCUT2D eigenvalue weighted by atomic mass is 9.99. The Hall–Kier alpha value is -2.41. The molecule has 7 heteroatoms. The van der Waals surface area contributed by atoms with Crippen LogP contribution in [0.15, 0.2) is 30.6 Å². The van der Waals surface area contributed by atoms with Crippen molar-refractivity contribution in [2.24, 2.45) is 7.05 Å². The molecule has 0 unspecified atom stereocenters. The minimum absolute atomic E-state index is 0.181. The second-order valence-corrected chi connectivity index (χ2v) is 6.71. The number of aromatic nitrogens is 3. The lowest BCUT2D eigenvalue weighted by molar-refractivity contribution is 0.184. The molecule has 2 atom stereocenters. The van der Waals surface area contributed by atoms with E-state index in [1.165, 1.54) is 11.1 Å². The number of nitrogens with one attached hydrogen (secondary N) is 2. The Morgan fingerprint density at radius 1 is 1.28 bits per heavy atom. The van der Waals surface area contributed by atoms with Crippen molar-refractivity contribution < 1.29 is 4.79 Å². The molecule has 1 aliphatic rings. The van der Waals surface area contributed by atoms with Gasteiger partial charge in [-0.25, -0.2) is 4.79 Å². The predicted octanol–water partition coefficient (Wildman–Crippen LogP) is 1.62. The maximum atomic E-state index is 12.1. The van der Waals surface area contributed by atoms with Crippen molar-refractivity contribution >= 4 is 6.03 Å². The van der Waals surface area contributed by atoms with Gasteiger partial charge < -0.3 is 15.2 Å². The number of carbonyl (C=O) groups is 1. The van der Waals surface area contributed by atoms with Gasteiger partial charge in [-0.2, -0.15) is 0 Å². The Morgan fingerprint density at radius 2 is 2.04 bits per heavy atom. The lowest BCUT2D eigenvalue weighted by Gasteiger charge is -2.33. The summed E-state index contributed by atoms with van der Waals surface area (Å²) in [6.45, 7) is 6.63. The molecule has 0 spiro atoms. The van der Waals surface area contributed by atoms with E-state index in [2.05, 4.69) is 56.9 Å². The van der Waals surface area contributed by atoms with Gasteiger partial charge in [0.25, 0.3) is 0 Å². The molecule has 0 saturated heterocycles. The van der Waals surface area contributed by atoms with Crippen LogP contribution in [0.3, 0.4) is 0 Å². The average Bonchev–Trinajstić information content (AvgIpc) is 3.05. The zero-order valence-electron chi connectivity index (χ0n) is 15.1. The molecule has 0 bridgehead atoms. The average molecular weight is 342 g/mol. The predicted molar refractivity (Wildman–Crippen MR) is 96.0 cm³/mol. The monoisotopic (exact) mass is 342 g/mol. The third-order valence-electron chi connectivity index (χ3n) is 4.82. The van der Waals surface area contributed by atoms with E-state index in [0.29, 0.717) is 6.54 Å². The number of hydrogen-bond acceptors (Lipinski definition) is 4. The second-order valence-electron chi connectivity index (χ2n) is 6.71. The number of hydrogen-bond donors (Lipinski definition) is 2. The molecule has 2 amide bonds. The van der Waals surface area contributed by atoms with E-state index >= 15 is 0 Å². The first kappa shape index (κ1) is 17.4. The highest BCUT2D eigenvalue weighted by atomic mass is 16.2. The fraction of sp³-hybridized carbons (Fsp3) is 0.500. The number of carbonyl (C=O) groups excluding carboxylic acids is 1. The molecular weight excluding hydrogens is 316 g/mol. The standard InChI is InChI=1S/C18H26N6O/c1-13(24-9-8-15-6-4-5-7-16(15)11-24)10-19-18(25)21-14(2)17-22-20-12-23(17)3/h4-7,12-14H,8-11H2,1-3H3,(H2,19,21,25)/t13-,14-/m1/s1. The van der Waals surface area contributed by atoms with Crippen LogP contribution in [-0.2, 0) is 20.0 Å². The molecule has 2 aromatic rings. The van der Waals surface area contributed by atoms with Gasteiger partial charge in [-0.3, -0.25) is 4.90 Å². The smallest absolute Gasteiger partial charge is 0.315 e. The van der Waals surface area contributed by atoms with Crippen LogP contribution < -0.4 is 10.6 Å². The molecular formula is C18H26N6O. The molecule has 0 radical (unpaired) electrons. The van der Waals surface area contributed by atoms with Gasteiger partial charge in [-0.05, 0) is 31.4 Å². The summed E-state index contributed by atoms with van der Waals surface area (Å²) in [4.78, 5) is 14.6. The summed E-state index contributed by atoms with van der Waals surface area (Å²) in [5.74, 6) is 0.732. The highest BCUT2D eigenvalue weighted by Gasteiger charge is 2.21. The molecule has 2 N–H and O–H groups in total. The van der Waals surface area contributed by atoms with E-state index in [9.17, 15) is 4.79 Å². The minimum atomic E-state index is -0.190. The number of benzene rings is 1. The van der Waals surface area contributed by atoms with Crippen LogP contribution in [0.4, 0.5) is 4.79 Å².